The van der Waals surface area contributed by atoms with Gasteiger partial charge in [-0.05, 0) is 51.5 Å². The van der Waals surface area contributed by atoms with Gasteiger partial charge in [-0.15, -0.1) is 0 Å². The molecule has 5 nitrogen and oxygen atoms in total. The van der Waals surface area contributed by atoms with Crippen LogP contribution in [0.1, 0.15) is 25.3 Å². The number of hydrogen-bond acceptors (Lipinski definition) is 4. The van der Waals surface area contributed by atoms with Crippen molar-refractivity contribution in [3.8, 4) is 0 Å². The number of rotatable bonds is 4. The summed E-state index contributed by atoms with van der Waals surface area (Å²) in [5.74, 6) is -0.601. The van der Waals surface area contributed by atoms with E-state index in [1.165, 1.54) is 13.0 Å². The third kappa shape index (κ3) is 3.72. The highest BCUT2D eigenvalue weighted by molar-refractivity contribution is 7.89. The van der Waals surface area contributed by atoms with Crippen molar-refractivity contribution in [1.82, 2.24) is 9.62 Å². The normalized spacial score (nSPS) is 18.0. The predicted molar refractivity (Wildman–Crippen MR) is 81.0 cm³/mol. The van der Waals surface area contributed by atoms with E-state index in [2.05, 4.69) is 16.5 Å². The zero-order chi connectivity index (χ0) is 15.6. The van der Waals surface area contributed by atoms with Gasteiger partial charge in [0.2, 0.25) is 10.0 Å². The molecular formula is C14H22FN3O2S. The fourth-order valence-electron chi connectivity index (χ4n) is 2.60. The first kappa shape index (κ1) is 16.2. The largest absolute Gasteiger partial charge is 0.399 e. The second-order valence-corrected chi connectivity index (χ2v) is 7.14. The standard InChI is InChI=1S/C14H22FN3O2S/c1-3-18-6-4-12(5-7-18)17-21(19,20)14-9-11(16)8-13(15)10(14)2/h8-9,12,17H,3-7,16H2,1-2H3. The summed E-state index contributed by atoms with van der Waals surface area (Å²) >= 11 is 0. The second kappa shape index (κ2) is 6.29. The van der Waals surface area contributed by atoms with Crippen molar-refractivity contribution in [3.63, 3.8) is 0 Å². The molecule has 0 saturated carbocycles. The molecule has 1 fully saturated rings. The van der Waals surface area contributed by atoms with Crippen LogP contribution in [0, 0.1) is 12.7 Å². The lowest BCUT2D eigenvalue weighted by Gasteiger charge is -2.31. The number of hydrogen-bond donors (Lipinski definition) is 2. The maximum Gasteiger partial charge on any atom is 0.241 e. The van der Waals surface area contributed by atoms with E-state index in [9.17, 15) is 12.8 Å². The minimum absolute atomic E-state index is 0.0714. The van der Waals surface area contributed by atoms with E-state index in [1.54, 1.807) is 0 Å². The van der Waals surface area contributed by atoms with Crippen molar-refractivity contribution in [1.29, 1.82) is 0 Å². The highest BCUT2D eigenvalue weighted by atomic mass is 32.2. The van der Waals surface area contributed by atoms with Crippen molar-refractivity contribution in [2.75, 3.05) is 25.4 Å². The lowest BCUT2D eigenvalue weighted by atomic mass is 10.1. The van der Waals surface area contributed by atoms with Crippen LogP contribution in [-0.4, -0.2) is 39.0 Å². The molecule has 0 unspecified atom stereocenters. The van der Waals surface area contributed by atoms with Crippen molar-refractivity contribution >= 4 is 15.7 Å². The summed E-state index contributed by atoms with van der Waals surface area (Å²) in [5.41, 5.74) is 5.77. The predicted octanol–water partition coefficient (Wildman–Crippen LogP) is 1.48. The smallest absolute Gasteiger partial charge is 0.241 e. The van der Waals surface area contributed by atoms with Gasteiger partial charge in [0.1, 0.15) is 5.82 Å². The zero-order valence-electron chi connectivity index (χ0n) is 12.4. The highest BCUT2D eigenvalue weighted by Gasteiger charge is 2.26. The first-order chi connectivity index (χ1) is 9.83. The number of nitrogens with one attached hydrogen (secondary N) is 1. The molecule has 1 aromatic rings. The average Bonchev–Trinajstić information content (AvgIpc) is 2.43. The molecule has 1 aliphatic heterocycles. The van der Waals surface area contributed by atoms with Gasteiger partial charge < -0.3 is 10.6 Å². The molecule has 0 aromatic heterocycles. The summed E-state index contributed by atoms with van der Waals surface area (Å²) in [6.45, 7) is 6.24. The third-order valence-electron chi connectivity index (χ3n) is 3.97. The second-order valence-electron chi connectivity index (χ2n) is 5.46. The molecule has 21 heavy (non-hydrogen) atoms. The summed E-state index contributed by atoms with van der Waals surface area (Å²) in [6, 6.07) is 2.33. The van der Waals surface area contributed by atoms with Gasteiger partial charge in [-0.3, -0.25) is 0 Å². The topological polar surface area (TPSA) is 75.4 Å². The number of halogens is 1. The Morgan fingerprint density at radius 3 is 2.57 bits per heavy atom. The summed E-state index contributed by atoms with van der Waals surface area (Å²) in [5, 5.41) is 0. The number of nitrogens with zero attached hydrogens (tertiary/aromatic N) is 1. The molecule has 118 valence electrons. The molecule has 1 heterocycles. The van der Waals surface area contributed by atoms with Crippen LogP contribution in [0.3, 0.4) is 0 Å². The quantitative estimate of drug-likeness (QED) is 0.825. The van der Waals surface area contributed by atoms with E-state index in [0.29, 0.717) is 0 Å². The van der Waals surface area contributed by atoms with Gasteiger partial charge in [-0.1, -0.05) is 6.92 Å². The maximum atomic E-state index is 13.7. The Bertz CT molecular complexity index is 611. The number of benzene rings is 1. The van der Waals surface area contributed by atoms with Crippen LogP contribution in [0.25, 0.3) is 0 Å². The number of likely N-dealkylation sites (tertiary alicyclic amines) is 1. The average molecular weight is 315 g/mol. The molecule has 7 heteroatoms. The Morgan fingerprint density at radius 1 is 1.38 bits per heavy atom. The first-order valence-corrected chi connectivity index (χ1v) is 8.62. The maximum absolute atomic E-state index is 13.7. The van der Waals surface area contributed by atoms with Gasteiger partial charge in [0.15, 0.2) is 0 Å². The van der Waals surface area contributed by atoms with Gasteiger partial charge in [-0.2, -0.15) is 0 Å². The number of nitrogens with two attached hydrogens (primary N) is 1. The van der Waals surface area contributed by atoms with Gasteiger partial charge >= 0.3 is 0 Å². The lowest BCUT2D eigenvalue weighted by molar-refractivity contribution is 0.217. The number of anilines is 1. The molecule has 3 N–H and O–H groups in total. The van der Waals surface area contributed by atoms with Crippen molar-refractivity contribution in [2.24, 2.45) is 0 Å². The van der Waals surface area contributed by atoms with Crippen LogP contribution in [0.5, 0.6) is 0 Å². The summed E-state index contributed by atoms with van der Waals surface area (Å²) < 4.78 is 41.2. The molecule has 0 aliphatic carbocycles. The van der Waals surface area contributed by atoms with Gasteiger partial charge in [0, 0.05) is 17.3 Å². The molecule has 1 saturated heterocycles. The van der Waals surface area contributed by atoms with Crippen LogP contribution >= 0.6 is 0 Å². The van der Waals surface area contributed by atoms with Crippen LogP contribution in [0.2, 0.25) is 0 Å². The van der Waals surface area contributed by atoms with E-state index in [4.69, 9.17) is 5.73 Å². The summed E-state index contributed by atoms with van der Waals surface area (Å²) in [6.07, 6.45) is 1.52. The highest BCUT2D eigenvalue weighted by Crippen LogP contribution is 2.23. The van der Waals surface area contributed by atoms with E-state index in [0.717, 1.165) is 38.5 Å². The van der Waals surface area contributed by atoms with Crippen LogP contribution in [0.4, 0.5) is 10.1 Å². The van der Waals surface area contributed by atoms with Gasteiger partial charge in [0.05, 0.1) is 4.90 Å². The Labute approximate surface area is 125 Å². The van der Waals surface area contributed by atoms with Gasteiger partial charge in [-0.25, -0.2) is 17.5 Å². The number of piperidine rings is 1. The molecule has 0 bridgehead atoms. The van der Waals surface area contributed by atoms with Crippen LogP contribution in [-0.2, 0) is 10.0 Å². The lowest BCUT2D eigenvalue weighted by Crippen LogP contribution is -2.44. The fraction of sp³-hybridized carbons (Fsp3) is 0.571. The molecule has 0 atom stereocenters. The van der Waals surface area contributed by atoms with E-state index in [-0.39, 0.29) is 22.2 Å². The van der Waals surface area contributed by atoms with Crippen LogP contribution in [0.15, 0.2) is 17.0 Å². The molecule has 2 rings (SSSR count). The Kier molecular flexibility index (Phi) is 4.85. The molecule has 1 aromatic carbocycles. The monoisotopic (exact) mass is 315 g/mol. The Hall–Kier alpha value is -1.18. The molecule has 1 aliphatic rings. The Morgan fingerprint density at radius 2 is 2.00 bits per heavy atom. The van der Waals surface area contributed by atoms with Gasteiger partial charge in [0.25, 0.3) is 0 Å². The molecule has 0 amide bonds. The minimum atomic E-state index is -3.75. The van der Waals surface area contributed by atoms with E-state index in [1.807, 2.05) is 0 Å². The summed E-state index contributed by atoms with van der Waals surface area (Å²) in [4.78, 5) is 2.20. The van der Waals surface area contributed by atoms with E-state index < -0.39 is 15.8 Å². The van der Waals surface area contributed by atoms with Crippen LogP contribution < -0.4 is 10.5 Å². The fourth-order valence-corrected chi connectivity index (χ4v) is 4.20. The first-order valence-electron chi connectivity index (χ1n) is 7.13. The SMILES string of the molecule is CCN1CCC(NS(=O)(=O)c2cc(N)cc(F)c2C)CC1. The van der Waals surface area contributed by atoms with Crippen molar-refractivity contribution in [2.45, 2.75) is 37.6 Å². The zero-order valence-corrected chi connectivity index (χ0v) is 13.2. The molecule has 0 radical (unpaired) electrons. The number of sulfonamides is 1. The van der Waals surface area contributed by atoms with E-state index >= 15 is 0 Å². The third-order valence-corrected chi connectivity index (χ3v) is 5.61. The number of nitrogen functional groups attached to an aromatic ring is 1. The summed E-state index contributed by atoms with van der Waals surface area (Å²) in [7, 11) is -3.75. The Balaban J connectivity index is 2.16. The molecular weight excluding hydrogens is 293 g/mol. The van der Waals surface area contributed by atoms with Crippen molar-refractivity contribution < 1.29 is 12.8 Å². The minimum Gasteiger partial charge on any atom is -0.399 e. The van der Waals surface area contributed by atoms with Crippen molar-refractivity contribution in [3.05, 3.63) is 23.5 Å². The molecule has 0 spiro atoms.